The van der Waals surface area contributed by atoms with Gasteiger partial charge in [0.1, 0.15) is 5.69 Å². The molecule has 1 aromatic heterocycles. The van der Waals surface area contributed by atoms with Crippen LogP contribution in [-0.4, -0.2) is 28.0 Å². The predicted octanol–water partition coefficient (Wildman–Crippen LogP) is 5.01. The minimum Gasteiger partial charge on any atom is -0.478 e. The van der Waals surface area contributed by atoms with Gasteiger partial charge in [-0.05, 0) is 53.7 Å². The zero-order valence-corrected chi connectivity index (χ0v) is 16.7. The molecule has 30 heavy (non-hydrogen) atoms. The largest absolute Gasteiger partial charge is 0.478 e. The highest BCUT2D eigenvalue weighted by molar-refractivity contribution is 6.06. The summed E-state index contributed by atoms with van der Waals surface area (Å²) in [5, 5.41) is 24.8. The number of nitro groups is 1. The Labute approximate surface area is 173 Å². The van der Waals surface area contributed by atoms with Crippen molar-refractivity contribution in [3.05, 3.63) is 75.0 Å². The van der Waals surface area contributed by atoms with Gasteiger partial charge in [-0.25, -0.2) is 9.78 Å². The lowest BCUT2D eigenvalue weighted by atomic mass is 9.80. The van der Waals surface area contributed by atoms with Crippen molar-refractivity contribution in [3.8, 4) is 0 Å². The molecule has 152 valence electrons. The first kappa shape index (κ1) is 19.6. The molecule has 7 nitrogen and oxygen atoms in total. The summed E-state index contributed by atoms with van der Waals surface area (Å²) in [5.74, 6) is -0.733. The number of hydrogen-bond acceptors (Lipinski definition) is 5. The molecule has 1 atom stereocenters. The molecule has 1 aliphatic carbocycles. The van der Waals surface area contributed by atoms with Gasteiger partial charge >= 0.3 is 5.97 Å². The normalized spacial score (nSPS) is 17.0. The highest BCUT2D eigenvalue weighted by Gasteiger charge is 2.28. The van der Waals surface area contributed by atoms with Crippen LogP contribution in [0.5, 0.6) is 0 Å². The average Bonchev–Trinajstić information content (AvgIpc) is 2.71. The molecule has 0 bridgehead atoms. The summed E-state index contributed by atoms with van der Waals surface area (Å²) >= 11 is 0. The van der Waals surface area contributed by atoms with Gasteiger partial charge in [-0.15, -0.1) is 0 Å². The number of rotatable bonds is 4. The molecule has 1 aliphatic rings. The van der Waals surface area contributed by atoms with Gasteiger partial charge < -0.3 is 10.4 Å². The average molecular weight is 403 g/mol. The van der Waals surface area contributed by atoms with Crippen molar-refractivity contribution in [1.82, 2.24) is 4.98 Å². The van der Waals surface area contributed by atoms with Gasteiger partial charge in [0.25, 0.3) is 5.69 Å². The molecular formula is C23H21N3O4. The number of fused-ring (bicyclic) bond motifs is 2. The van der Waals surface area contributed by atoms with Crippen LogP contribution in [0.25, 0.3) is 22.6 Å². The minimum atomic E-state index is -0.965. The van der Waals surface area contributed by atoms with E-state index in [1.807, 2.05) is 30.3 Å². The topological polar surface area (TPSA) is 105 Å². The van der Waals surface area contributed by atoms with E-state index >= 15 is 0 Å². The third kappa shape index (κ3) is 3.39. The Hall–Kier alpha value is -3.74. The third-order valence-electron chi connectivity index (χ3n) is 5.46. The van der Waals surface area contributed by atoms with Gasteiger partial charge in [-0.2, -0.15) is 0 Å². The number of anilines is 1. The summed E-state index contributed by atoms with van der Waals surface area (Å²) < 4.78 is 0. The number of aromatic nitrogens is 1. The Morgan fingerprint density at radius 3 is 2.73 bits per heavy atom. The number of nitrogens with one attached hydrogen (secondary N) is 1. The number of pyridine rings is 1. The van der Waals surface area contributed by atoms with Crippen molar-refractivity contribution in [2.24, 2.45) is 5.92 Å². The Morgan fingerprint density at radius 2 is 2.03 bits per heavy atom. The molecule has 0 saturated carbocycles. The number of para-hydroxylation sites is 1. The van der Waals surface area contributed by atoms with E-state index < -0.39 is 10.9 Å². The molecule has 0 spiro atoms. The SMILES string of the molecule is CNc1ccc(C=C2CC(C)Cc3c2nc2ccccc2c3C(=O)O)cc1[N+](=O)[O-]. The quantitative estimate of drug-likeness (QED) is 0.469. The fraction of sp³-hybridized carbons (Fsp3) is 0.217. The van der Waals surface area contributed by atoms with Crippen molar-refractivity contribution < 1.29 is 14.8 Å². The second kappa shape index (κ2) is 7.59. The summed E-state index contributed by atoms with van der Waals surface area (Å²) in [4.78, 5) is 27.9. The van der Waals surface area contributed by atoms with E-state index in [1.54, 1.807) is 19.2 Å². The van der Waals surface area contributed by atoms with E-state index in [0.717, 1.165) is 17.6 Å². The molecule has 0 fully saturated rings. The van der Waals surface area contributed by atoms with Crippen molar-refractivity contribution >= 4 is 39.9 Å². The Balaban J connectivity index is 1.94. The van der Waals surface area contributed by atoms with Crippen LogP contribution in [0.1, 0.15) is 40.5 Å². The first-order chi connectivity index (χ1) is 14.4. The van der Waals surface area contributed by atoms with Crippen molar-refractivity contribution in [2.45, 2.75) is 19.8 Å². The number of aromatic carboxylic acids is 1. The van der Waals surface area contributed by atoms with Crippen LogP contribution in [-0.2, 0) is 6.42 Å². The molecule has 2 aromatic carbocycles. The summed E-state index contributed by atoms with van der Waals surface area (Å²) in [5.41, 5.74) is 4.34. The molecular weight excluding hydrogens is 382 g/mol. The van der Waals surface area contributed by atoms with Crippen LogP contribution in [0.4, 0.5) is 11.4 Å². The molecule has 2 N–H and O–H groups in total. The maximum Gasteiger partial charge on any atom is 0.336 e. The van der Waals surface area contributed by atoms with E-state index in [9.17, 15) is 20.0 Å². The number of carbonyl (C=O) groups is 1. The number of carboxylic acids is 1. The highest BCUT2D eigenvalue weighted by Crippen LogP contribution is 2.39. The van der Waals surface area contributed by atoms with Crippen LogP contribution >= 0.6 is 0 Å². The van der Waals surface area contributed by atoms with E-state index in [4.69, 9.17) is 4.98 Å². The summed E-state index contributed by atoms with van der Waals surface area (Å²) in [6, 6.07) is 12.3. The van der Waals surface area contributed by atoms with Gasteiger partial charge in [0.2, 0.25) is 0 Å². The summed E-state index contributed by atoms with van der Waals surface area (Å²) in [7, 11) is 1.64. The van der Waals surface area contributed by atoms with Crippen molar-refractivity contribution in [2.75, 3.05) is 12.4 Å². The van der Waals surface area contributed by atoms with Crippen LogP contribution in [0.3, 0.4) is 0 Å². The Morgan fingerprint density at radius 1 is 1.27 bits per heavy atom. The van der Waals surface area contributed by atoms with Gasteiger partial charge in [0.05, 0.1) is 21.7 Å². The first-order valence-electron chi connectivity index (χ1n) is 9.71. The van der Waals surface area contributed by atoms with E-state index in [0.29, 0.717) is 39.8 Å². The zero-order valence-electron chi connectivity index (χ0n) is 16.7. The lowest BCUT2D eigenvalue weighted by molar-refractivity contribution is -0.383. The molecule has 1 heterocycles. The second-order valence-corrected chi connectivity index (χ2v) is 7.60. The zero-order chi connectivity index (χ0) is 21.4. The number of carboxylic acid groups (broad SMARTS) is 1. The molecule has 0 amide bonds. The molecule has 3 aromatic rings. The van der Waals surface area contributed by atoms with Gasteiger partial charge in [-0.3, -0.25) is 10.1 Å². The molecule has 1 unspecified atom stereocenters. The van der Waals surface area contributed by atoms with E-state index in [2.05, 4.69) is 12.2 Å². The van der Waals surface area contributed by atoms with E-state index in [-0.39, 0.29) is 11.6 Å². The molecule has 0 radical (unpaired) electrons. The lowest BCUT2D eigenvalue weighted by Gasteiger charge is -2.26. The third-order valence-corrected chi connectivity index (χ3v) is 5.46. The van der Waals surface area contributed by atoms with Gasteiger partial charge in [0.15, 0.2) is 0 Å². The number of nitro benzene ring substituents is 1. The smallest absolute Gasteiger partial charge is 0.336 e. The van der Waals surface area contributed by atoms with E-state index in [1.165, 1.54) is 6.07 Å². The Kier molecular flexibility index (Phi) is 4.95. The fourth-order valence-electron chi connectivity index (χ4n) is 4.18. The Bertz CT molecular complexity index is 1220. The molecule has 4 rings (SSSR count). The number of allylic oxidation sites excluding steroid dienone is 1. The molecule has 0 aliphatic heterocycles. The number of benzene rings is 2. The molecule has 7 heteroatoms. The van der Waals surface area contributed by atoms with Crippen LogP contribution in [0.2, 0.25) is 0 Å². The van der Waals surface area contributed by atoms with Crippen LogP contribution in [0.15, 0.2) is 42.5 Å². The monoisotopic (exact) mass is 403 g/mol. The van der Waals surface area contributed by atoms with Gasteiger partial charge in [-0.1, -0.05) is 31.2 Å². The standard InChI is InChI=1S/C23H21N3O4/c1-13-9-15(11-14-7-8-19(24-2)20(12-14)26(29)30)22-17(10-13)21(23(27)28)16-5-3-4-6-18(16)25-22/h3-8,11-13,24H,9-10H2,1-2H3,(H,27,28). The van der Waals surface area contributed by atoms with Crippen LogP contribution in [0, 0.1) is 16.0 Å². The maximum atomic E-state index is 12.1. The lowest BCUT2D eigenvalue weighted by Crippen LogP contribution is -2.17. The first-order valence-corrected chi connectivity index (χ1v) is 9.71. The summed E-state index contributed by atoms with van der Waals surface area (Å²) in [6.07, 6.45) is 3.23. The minimum absolute atomic E-state index is 0.00590. The van der Waals surface area contributed by atoms with Crippen LogP contribution < -0.4 is 5.32 Å². The van der Waals surface area contributed by atoms with Crippen molar-refractivity contribution in [1.29, 1.82) is 0 Å². The van der Waals surface area contributed by atoms with Crippen molar-refractivity contribution in [3.63, 3.8) is 0 Å². The second-order valence-electron chi connectivity index (χ2n) is 7.60. The maximum absolute atomic E-state index is 12.1. The highest BCUT2D eigenvalue weighted by atomic mass is 16.6. The summed E-state index contributed by atoms with van der Waals surface area (Å²) in [6.45, 7) is 2.07. The number of nitrogens with zero attached hydrogens (tertiary/aromatic N) is 2. The predicted molar refractivity (Wildman–Crippen MR) is 117 cm³/mol. The number of hydrogen-bond donors (Lipinski definition) is 2. The fourth-order valence-corrected chi connectivity index (χ4v) is 4.18. The van der Waals surface area contributed by atoms with Gasteiger partial charge in [0, 0.05) is 18.5 Å². The molecule has 0 saturated heterocycles.